The van der Waals surface area contributed by atoms with Crippen LogP contribution >= 0.6 is 0 Å². The first kappa shape index (κ1) is 6.63. The highest BCUT2D eigenvalue weighted by molar-refractivity contribution is 5.64. The molecular weight excluding hydrogens is 90.1 g/mol. The molecular formula is C5H11NO+. The van der Waals surface area contributed by atoms with Gasteiger partial charge in [0.15, 0.2) is 0 Å². The molecule has 41 valence electrons. The Morgan fingerprint density at radius 2 is 2.43 bits per heavy atom. The number of hydrogen-bond donors (Lipinski definition) is 1. The first-order valence-corrected chi connectivity index (χ1v) is 2.40. The van der Waals surface area contributed by atoms with E-state index in [4.69, 9.17) is 0 Å². The Hall–Kier alpha value is -0.370. The molecule has 0 aliphatic carbocycles. The van der Waals surface area contributed by atoms with Crippen molar-refractivity contribution in [2.24, 2.45) is 0 Å². The van der Waals surface area contributed by atoms with E-state index in [0.717, 1.165) is 6.42 Å². The summed E-state index contributed by atoms with van der Waals surface area (Å²) in [5, 5.41) is 0. The summed E-state index contributed by atoms with van der Waals surface area (Å²) in [4.78, 5) is 10.1. The molecule has 7 heavy (non-hydrogen) atoms. The molecule has 0 aromatic heterocycles. The maximum absolute atomic E-state index is 10.1. The smallest absolute Gasteiger partial charge is 0.295 e. The van der Waals surface area contributed by atoms with Crippen molar-refractivity contribution in [3.8, 4) is 0 Å². The second-order valence-electron chi connectivity index (χ2n) is 1.49. The van der Waals surface area contributed by atoms with E-state index < -0.39 is 0 Å². The van der Waals surface area contributed by atoms with Crippen LogP contribution in [0.3, 0.4) is 0 Å². The lowest BCUT2D eigenvalue weighted by Gasteiger charge is -1.83. The molecule has 2 nitrogen and oxygen atoms in total. The zero-order valence-electron chi connectivity index (χ0n) is 4.61. The van der Waals surface area contributed by atoms with E-state index in [-0.39, 0.29) is 5.91 Å². The number of quaternary nitrogens is 1. The van der Waals surface area contributed by atoms with E-state index in [1.54, 1.807) is 0 Å². The number of hydrogen-bond acceptors (Lipinski definition) is 1. The van der Waals surface area contributed by atoms with Gasteiger partial charge in [-0.05, 0) is 12.8 Å². The molecule has 0 bridgehead atoms. The van der Waals surface area contributed by atoms with Gasteiger partial charge in [0, 0.05) is 0 Å². The molecule has 0 unspecified atom stereocenters. The minimum absolute atomic E-state index is 0.0260. The van der Waals surface area contributed by atoms with Crippen LogP contribution in [0.4, 0.5) is 0 Å². The Kier molecular flexibility index (Phi) is 3.61. The van der Waals surface area contributed by atoms with Gasteiger partial charge in [-0.3, -0.25) is 5.73 Å². The fraction of sp³-hybridized carbons (Fsp3) is 0.600. The lowest BCUT2D eigenvalue weighted by atomic mass is 10.2. The van der Waals surface area contributed by atoms with Crippen molar-refractivity contribution in [1.82, 2.24) is 0 Å². The molecule has 0 fully saturated rings. The van der Waals surface area contributed by atoms with Gasteiger partial charge in [-0.15, -0.1) is 0 Å². The van der Waals surface area contributed by atoms with Gasteiger partial charge in [0.2, 0.25) is 0 Å². The van der Waals surface area contributed by atoms with Crippen LogP contribution < -0.4 is 5.73 Å². The zero-order valence-corrected chi connectivity index (χ0v) is 4.61. The fourth-order valence-corrected chi connectivity index (χ4v) is 0.305. The summed E-state index contributed by atoms with van der Waals surface area (Å²) in [6, 6.07) is 0. The van der Waals surface area contributed by atoms with E-state index in [9.17, 15) is 4.79 Å². The van der Waals surface area contributed by atoms with Crippen LogP contribution in [-0.2, 0) is 4.79 Å². The number of unbranched alkanes of at least 4 members (excludes halogenated alkanes) is 1. The van der Waals surface area contributed by atoms with E-state index in [1.807, 2.05) is 13.3 Å². The molecule has 0 rings (SSSR count). The molecule has 0 saturated heterocycles. The molecule has 1 amide bonds. The summed E-state index contributed by atoms with van der Waals surface area (Å²) in [6.07, 6.45) is 3.42. The molecule has 0 aromatic carbocycles. The molecule has 0 aromatic rings. The summed E-state index contributed by atoms with van der Waals surface area (Å²) in [6.45, 7) is 1.93. The third kappa shape index (κ3) is 5.63. The van der Waals surface area contributed by atoms with Crippen molar-refractivity contribution in [3.63, 3.8) is 0 Å². The van der Waals surface area contributed by atoms with Gasteiger partial charge in [-0.1, -0.05) is 6.92 Å². The summed E-state index contributed by atoms with van der Waals surface area (Å²) in [5.74, 6) is 0.0260. The van der Waals surface area contributed by atoms with Gasteiger partial charge < -0.3 is 0 Å². The highest BCUT2D eigenvalue weighted by atomic mass is 16.1. The molecule has 1 radical (unpaired) electrons. The van der Waals surface area contributed by atoms with Gasteiger partial charge >= 0.3 is 5.91 Å². The quantitative estimate of drug-likeness (QED) is 0.524. The maximum Gasteiger partial charge on any atom is 0.308 e. The highest BCUT2D eigenvalue weighted by Gasteiger charge is 1.93. The number of carbonyl (C=O) groups is 1. The highest BCUT2D eigenvalue weighted by Crippen LogP contribution is 1.87. The number of carbonyl (C=O) groups excluding carboxylic acids is 1. The van der Waals surface area contributed by atoms with Crippen molar-refractivity contribution >= 4 is 5.91 Å². The Labute approximate surface area is 43.7 Å². The Bertz CT molecular complexity index is 61.1. The monoisotopic (exact) mass is 101 g/mol. The van der Waals surface area contributed by atoms with Crippen LogP contribution in [0, 0.1) is 6.42 Å². The van der Waals surface area contributed by atoms with Crippen molar-refractivity contribution in [2.75, 3.05) is 0 Å². The average Bonchev–Trinajstić information content (AvgIpc) is 1.61. The predicted molar refractivity (Wildman–Crippen MR) is 27.1 cm³/mol. The van der Waals surface area contributed by atoms with E-state index in [1.165, 1.54) is 0 Å². The first-order valence-electron chi connectivity index (χ1n) is 2.40. The minimum atomic E-state index is 0.0260. The van der Waals surface area contributed by atoms with Crippen LogP contribution in [0.1, 0.15) is 19.8 Å². The van der Waals surface area contributed by atoms with Crippen LogP contribution in [0.2, 0.25) is 0 Å². The topological polar surface area (TPSA) is 44.7 Å². The molecule has 2 heteroatoms. The summed E-state index contributed by atoms with van der Waals surface area (Å²) in [5.41, 5.74) is 3.22. The van der Waals surface area contributed by atoms with Gasteiger partial charge in [0.05, 0.1) is 6.42 Å². The number of rotatable bonds is 3. The summed E-state index contributed by atoms with van der Waals surface area (Å²) in [7, 11) is 0. The van der Waals surface area contributed by atoms with Crippen LogP contribution in [-0.4, -0.2) is 5.91 Å². The molecule has 0 heterocycles. The van der Waals surface area contributed by atoms with Crippen LogP contribution in [0.5, 0.6) is 0 Å². The molecule has 0 aliphatic heterocycles. The molecule has 0 atom stereocenters. The zero-order chi connectivity index (χ0) is 5.70. The Morgan fingerprint density at radius 3 is 2.57 bits per heavy atom. The van der Waals surface area contributed by atoms with Gasteiger partial charge in [-0.2, -0.15) is 0 Å². The summed E-state index contributed by atoms with van der Waals surface area (Å²) < 4.78 is 0. The molecule has 0 saturated carbocycles. The maximum atomic E-state index is 10.1. The third-order valence-corrected chi connectivity index (χ3v) is 0.712. The normalized spacial score (nSPS) is 8.86. The van der Waals surface area contributed by atoms with Crippen molar-refractivity contribution in [3.05, 3.63) is 6.42 Å². The standard InChI is InChI=1S/C5H10NO/c1-2-3-4-5(6)7/h2H,3-4H2,1H3,(H2,6,7)/p+1. The lowest BCUT2D eigenvalue weighted by Crippen LogP contribution is -2.56. The molecule has 0 aliphatic rings. The van der Waals surface area contributed by atoms with Crippen molar-refractivity contribution < 1.29 is 10.5 Å². The Morgan fingerprint density at radius 1 is 1.86 bits per heavy atom. The second kappa shape index (κ2) is 3.81. The largest absolute Gasteiger partial charge is 0.308 e. The fourth-order valence-electron chi connectivity index (χ4n) is 0.305. The van der Waals surface area contributed by atoms with Crippen molar-refractivity contribution in [1.29, 1.82) is 0 Å². The molecule has 3 N–H and O–H groups in total. The average molecular weight is 101 g/mol. The van der Waals surface area contributed by atoms with E-state index in [0.29, 0.717) is 6.42 Å². The number of amides is 1. The third-order valence-electron chi connectivity index (χ3n) is 0.712. The molecule has 0 spiro atoms. The van der Waals surface area contributed by atoms with Crippen molar-refractivity contribution in [2.45, 2.75) is 19.8 Å². The minimum Gasteiger partial charge on any atom is -0.295 e. The van der Waals surface area contributed by atoms with Crippen LogP contribution in [0.25, 0.3) is 0 Å². The van der Waals surface area contributed by atoms with Crippen LogP contribution in [0.15, 0.2) is 0 Å². The van der Waals surface area contributed by atoms with Gasteiger partial charge in [-0.25, -0.2) is 4.79 Å². The van der Waals surface area contributed by atoms with E-state index >= 15 is 0 Å². The Balaban J connectivity index is 2.82. The first-order chi connectivity index (χ1) is 3.27. The van der Waals surface area contributed by atoms with Gasteiger partial charge in [0.25, 0.3) is 0 Å². The second-order valence-corrected chi connectivity index (χ2v) is 1.49. The van der Waals surface area contributed by atoms with E-state index in [2.05, 4.69) is 5.73 Å². The predicted octanol–water partition coefficient (Wildman–Crippen LogP) is -0.241. The SMILES string of the molecule is C[CH]CCC([NH3+])=O. The lowest BCUT2D eigenvalue weighted by molar-refractivity contribution is -0.305. The summed E-state index contributed by atoms with van der Waals surface area (Å²) >= 11 is 0. The van der Waals surface area contributed by atoms with Gasteiger partial charge in [0.1, 0.15) is 0 Å².